The lowest BCUT2D eigenvalue weighted by Gasteiger charge is -2.31. The molecule has 1 unspecified atom stereocenters. The van der Waals surface area contributed by atoms with Gasteiger partial charge in [0.1, 0.15) is 0 Å². The minimum atomic E-state index is -3.37. The van der Waals surface area contributed by atoms with E-state index >= 15 is 0 Å². The van der Waals surface area contributed by atoms with Crippen molar-refractivity contribution in [2.75, 3.05) is 19.6 Å². The molecule has 0 radical (unpaired) electrons. The van der Waals surface area contributed by atoms with Gasteiger partial charge in [-0.05, 0) is 51.8 Å². The summed E-state index contributed by atoms with van der Waals surface area (Å²) < 4.78 is 27.0. The summed E-state index contributed by atoms with van der Waals surface area (Å²) in [4.78, 5) is 2.75. The minimum Gasteiger partial charge on any atom is -0.298 e. The summed E-state index contributed by atoms with van der Waals surface area (Å²) in [6.45, 7) is 9.11. The molecule has 20 heavy (non-hydrogen) atoms. The number of hydrogen-bond donors (Lipinski definition) is 1. The smallest absolute Gasteiger partial charge is 0.240 e. The first-order valence-corrected chi connectivity index (χ1v) is 8.57. The van der Waals surface area contributed by atoms with Crippen molar-refractivity contribution in [1.82, 2.24) is 9.62 Å². The molecule has 1 saturated heterocycles. The second kappa shape index (κ2) is 5.84. The Morgan fingerprint density at radius 2 is 1.90 bits per heavy atom. The average Bonchev–Trinajstić information content (AvgIpc) is 2.86. The topological polar surface area (TPSA) is 49.4 Å². The SMILES string of the molecule is CC(C)(C)N1CCC(CNS(=O)(=O)c2ccccc2)C1. The Morgan fingerprint density at radius 3 is 2.45 bits per heavy atom. The Kier molecular flexibility index (Phi) is 4.52. The molecule has 1 aliphatic rings. The number of rotatable bonds is 4. The summed E-state index contributed by atoms with van der Waals surface area (Å²) in [6.07, 6.45) is 1.05. The van der Waals surface area contributed by atoms with Crippen LogP contribution in [-0.2, 0) is 10.0 Å². The highest BCUT2D eigenvalue weighted by Crippen LogP contribution is 2.24. The molecule has 0 aliphatic carbocycles. The molecule has 0 spiro atoms. The molecule has 112 valence electrons. The van der Waals surface area contributed by atoms with E-state index in [-0.39, 0.29) is 5.54 Å². The Morgan fingerprint density at radius 1 is 1.25 bits per heavy atom. The Balaban J connectivity index is 1.91. The van der Waals surface area contributed by atoms with Crippen LogP contribution in [-0.4, -0.2) is 38.5 Å². The molecule has 1 aromatic carbocycles. The fourth-order valence-corrected chi connectivity index (χ4v) is 3.66. The monoisotopic (exact) mass is 296 g/mol. The molecule has 1 atom stereocenters. The van der Waals surface area contributed by atoms with Crippen molar-refractivity contribution in [3.8, 4) is 0 Å². The molecular formula is C15H24N2O2S. The molecule has 1 heterocycles. The quantitative estimate of drug-likeness (QED) is 0.925. The van der Waals surface area contributed by atoms with E-state index in [0.29, 0.717) is 17.4 Å². The summed E-state index contributed by atoms with van der Waals surface area (Å²) >= 11 is 0. The highest BCUT2D eigenvalue weighted by Gasteiger charge is 2.30. The van der Waals surface area contributed by atoms with Gasteiger partial charge in [0.25, 0.3) is 0 Å². The second-order valence-corrected chi connectivity index (χ2v) is 8.20. The lowest BCUT2D eigenvalue weighted by atomic mass is 10.1. The Bertz CT molecular complexity index is 535. The van der Waals surface area contributed by atoms with Gasteiger partial charge in [-0.2, -0.15) is 0 Å². The van der Waals surface area contributed by atoms with E-state index in [1.54, 1.807) is 24.3 Å². The Labute approximate surface area is 122 Å². The van der Waals surface area contributed by atoms with Gasteiger partial charge in [0, 0.05) is 18.6 Å². The maximum absolute atomic E-state index is 12.1. The van der Waals surface area contributed by atoms with Crippen molar-refractivity contribution in [2.45, 2.75) is 37.6 Å². The van der Waals surface area contributed by atoms with Crippen LogP contribution in [0.25, 0.3) is 0 Å². The van der Waals surface area contributed by atoms with E-state index in [1.807, 2.05) is 6.07 Å². The van der Waals surface area contributed by atoms with Gasteiger partial charge >= 0.3 is 0 Å². The van der Waals surface area contributed by atoms with Crippen LogP contribution in [0.15, 0.2) is 35.2 Å². The minimum absolute atomic E-state index is 0.160. The molecule has 0 bridgehead atoms. The molecule has 2 rings (SSSR count). The third-order valence-electron chi connectivity index (χ3n) is 3.85. The molecule has 1 aromatic rings. The zero-order chi connectivity index (χ0) is 14.8. The number of likely N-dealkylation sites (tertiary alicyclic amines) is 1. The normalized spacial score (nSPS) is 21.2. The van der Waals surface area contributed by atoms with Crippen molar-refractivity contribution in [3.05, 3.63) is 30.3 Å². The van der Waals surface area contributed by atoms with Gasteiger partial charge in [-0.15, -0.1) is 0 Å². The standard InChI is InChI=1S/C15H24N2O2S/c1-15(2,3)17-10-9-13(12-17)11-16-20(18,19)14-7-5-4-6-8-14/h4-8,13,16H,9-12H2,1-3H3. The maximum Gasteiger partial charge on any atom is 0.240 e. The van der Waals surface area contributed by atoms with Gasteiger partial charge in [-0.1, -0.05) is 18.2 Å². The van der Waals surface area contributed by atoms with Gasteiger partial charge in [0.15, 0.2) is 0 Å². The molecule has 1 N–H and O–H groups in total. The first-order valence-electron chi connectivity index (χ1n) is 7.09. The van der Waals surface area contributed by atoms with Gasteiger partial charge in [-0.25, -0.2) is 13.1 Å². The third kappa shape index (κ3) is 3.81. The molecule has 0 saturated carbocycles. The van der Waals surface area contributed by atoms with Crippen LogP contribution in [0.3, 0.4) is 0 Å². The van der Waals surface area contributed by atoms with Crippen LogP contribution in [0.5, 0.6) is 0 Å². The van der Waals surface area contributed by atoms with E-state index in [9.17, 15) is 8.42 Å². The van der Waals surface area contributed by atoms with Crippen LogP contribution >= 0.6 is 0 Å². The molecule has 1 aliphatic heterocycles. The van der Waals surface area contributed by atoms with Crippen molar-refractivity contribution >= 4 is 10.0 Å². The van der Waals surface area contributed by atoms with E-state index in [0.717, 1.165) is 19.5 Å². The van der Waals surface area contributed by atoms with Crippen LogP contribution in [0, 0.1) is 5.92 Å². The zero-order valence-corrected chi connectivity index (χ0v) is 13.3. The van der Waals surface area contributed by atoms with E-state index < -0.39 is 10.0 Å². The molecular weight excluding hydrogens is 272 g/mol. The van der Waals surface area contributed by atoms with Crippen molar-refractivity contribution in [2.24, 2.45) is 5.92 Å². The highest BCUT2D eigenvalue weighted by atomic mass is 32.2. The summed E-state index contributed by atoms with van der Waals surface area (Å²) in [5, 5.41) is 0. The molecule has 1 fully saturated rings. The predicted molar refractivity (Wildman–Crippen MR) is 81.1 cm³/mol. The Hall–Kier alpha value is -0.910. The fraction of sp³-hybridized carbons (Fsp3) is 0.600. The summed E-state index contributed by atoms with van der Waals surface area (Å²) in [5.74, 6) is 0.396. The second-order valence-electron chi connectivity index (χ2n) is 6.44. The van der Waals surface area contributed by atoms with Crippen LogP contribution in [0.4, 0.5) is 0 Å². The predicted octanol–water partition coefficient (Wildman–Crippen LogP) is 2.09. The van der Waals surface area contributed by atoms with Crippen molar-refractivity contribution < 1.29 is 8.42 Å². The summed E-state index contributed by atoms with van der Waals surface area (Å²) in [6, 6.07) is 8.55. The molecule has 0 amide bonds. The van der Waals surface area contributed by atoms with Crippen LogP contribution < -0.4 is 4.72 Å². The summed E-state index contributed by atoms with van der Waals surface area (Å²) in [7, 11) is -3.37. The average molecular weight is 296 g/mol. The third-order valence-corrected chi connectivity index (χ3v) is 5.29. The van der Waals surface area contributed by atoms with Crippen molar-refractivity contribution in [1.29, 1.82) is 0 Å². The number of hydrogen-bond acceptors (Lipinski definition) is 3. The van der Waals surface area contributed by atoms with Gasteiger partial charge in [0.2, 0.25) is 10.0 Å². The highest BCUT2D eigenvalue weighted by molar-refractivity contribution is 7.89. The van der Waals surface area contributed by atoms with Crippen molar-refractivity contribution in [3.63, 3.8) is 0 Å². The van der Waals surface area contributed by atoms with Crippen LogP contribution in [0.1, 0.15) is 27.2 Å². The first-order chi connectivity index (χ1) is 9.29. The molecule has 0 aromatic heterocycles. The van der Waals surface area contributed by atoms with E-state index in [4.69, 9.17) is 0 Å². The maximum atomic E-state index is 12.1. The first kappa shape index (κ1) is 15.5. The summed E-state index contributed by atoms with van der Waals surface area (Å²) in [5.41, 5.74) is 0.160. The molecule has 4 nitrogen and oxygen atoms in total. The number of nitrogens with one attached hydrogen (secondary N) is 1. The lowest BCUT2D eigenvalue weighted by molar-refractivity contribution is 0.168. The van der Waals surface area contributed by atoms with Gasteiger partial charge in [0.05, 0.1) is 4.90 Å². The lowest BCUT2D eigenvalue weighted by Crippen LogP contribution is -2.40. The number of benzene rings is 1. The number of nitrogens with zero attached hydrogens (tertiary/aromatic N) is 1. The molecule has 5 heteroatoms. The van der Waals surface area contributed by atoms with Gasteiger partial charge < -0.3 is 0 Å². The zero-order valence-electron chi connectivity index (χ0n) is 12.5. The van der Waals surface area contributed by atoms with Crippen LogP contribution in [0.2, 0.25) is 0 Å². The fourth-order valence-electron chi connectivity index (χ4n) is 2.52. The van der Waals surface area contributed by atoms with E-state index in [2.05, 4.69) is 30.4 Å². The van der Waals surface area contributed by atoms with Gasteiger partial charge in [-0.3, -0.25) is 4.90 Å². The van der Waals surface area contributed by atoms with E-state index in [1.165, 1.54) is 0 Å². The largest absolute Gasteiger partial charge is 0.298 e. The number of sulfonamides is 1.